The van der Waals surface area contributed by atoms with Crippen LogP contribution in [-0.2, 0) is 4.79 Å². The minimum atomic E-state index is -0.936. The van der Waals surface area contributed by atoms with Crippen molar-refractivity contribution in [3.63, 3.8) is 0 Å². The van der Waals surface area contributed by atoms with E-state index in [-0.39, 0.29) is 17.9 Å². The Labute approximate surface area is 196 Å². The number of carbonyl (C=O) groups is 1. The van der Waals surface area contributed by atoms with Crippen LogP contribution in [-0.4, -0.2) is 46.2 Å². The van der Waals surface area contributed by atoms with Crippen molar-refractivity contribution in [3.05, 3.63) is 53.6 Å². The van der Waals surface area contributed by atoms with E-state index < -0.39 is 6.10 Å². The highest BCUT2D eigenvalue weighted by molar-refractivity contribution is 5.91. The van der Waals surface area contributed by atoms with Crippen LogP contribution in [0.2, 0.25) is 0 Å². The molecule has 33 heavy (non-hydrogen) atoms. The molecule has 1 saturated heterocycles. The molecule has 3 aromatic rings. The fourth-order valence-corrected chi connectivity index (χ4v) is 4.49. The molecular weight excluding hydrogens is 412 g/mol. The molecule has 2 aromatic carbocycles. The quantitative estimate of drug-likeness (QED) is 0.587. The molecule has 0 spiro atoms. The molecule has 174 valence electrons. The number of carbonyl (C=O) groups excluding carboxylic acids is 1. The lowest BCUT2D eigenvalue weighted by Crippen LogP contribution is -2.48. The van der Waals surface area contributed by atoms with Gasteiger partial charge in [-0.15, -0.1) is 0 Å². The van der Waals surface area contributed by atoms with Gasteiger partial charge in [0, 0.05) is 30.1 Å². The van der Waals surface area contributed by atoms with Gasteiger partial charge in [-0.25, -0.2) is 9.97 Å². The highest BCUT2D eigenvalue weighted by Crippen LogP contribution is 2.31. The molecule has 0 radical (unpaired) electrons. The number of aromatic nitrogens is 2. The summed E-state index contributed by atoms with van der Waals surface area (Å²) in [7, 11) is 0. The maximum absolute atomic E-state index is 12.3. The zero-order valence-electron chi connectivity index (χ0n) is 20.0. The summed E-state index contributed by atoms with van der Waals surface area (Å²) in [6.45, 7) is 9.76. The summed E-state index contributed by atoms with van der Waals surface area (Å²) in [5, 5.41) is 14.2. The minimum Gasteiger partial charge on any atom is -0.383 e. The summed E-state index contributed by atoms with van der Waals surface area (Å²) in [6.07, 6.45) is 1.18. The van der Waals surface area contributed by atoms with E-state index in [9.17, 15) is 9.90 Å². The van der Waals surface area contributed by atoms with Crippen LogP contribution in [0.5, 0.6) is 0 Å². The van der Waals surface area contributed by atoms with Crippen molar-refractivity contribution in [1.29, 1.82) is 0 Å². The molecule has 2 heterocycles. The summed E-state index contributed by atoms with van der Waals surface area (Å²) in [5.41, 5.74) is 4.31. The molecule has 6 heteroatoms. The smallest absolute Gasteiger partial charge is 0.249 e. The van der Waals surface area contributed by atoms with Crippen LogP contribution in [0.3, 0.4) is 0 Å². The zero-order valence-corrected chi connectivity index (χ0v) is 20.0. The number of aliphatic hydroxyl groups excluding tert-OH is 1. The molecular formula is C27H34N4O2. The Morgan fingerprint density at radius 1 is 1.12 bits per heavy atom. The Bertz CT molecular complexity index is 1140. The topological polar surface area (TPSA) is 78.4 Å². The molecule has 1 amide bonds. The summed E-state index contributed by atoms with van der Waals surface area (Å²) in [5.74, 6) is 1.72. The van der Waals surface area contributed by atoms with E-state index in [1.807, 2.05) is 26.0 Å². The van der Waals surface area contributed by atoms with Crippen molar-refractivity contribution in [3.8, 4) is 11.4 Å². The molecule has 1 aromatic heterocycles. The van der Waals surface area contributed by atoms with Crippen molar-refractivity contribution < 1.29 is 9.90 Å². The molecule has 1 fully saturated rings. The molecule has 0 saturated carbocycles. The monoisotopic (exact) mass is 446 g/mol. The van der Waals surface area contributed by atoms with E-state index in [1.54, 1.807) is 0 Å². The van der Waals surface area contributed by atoms with E-state index in [2.05, 4.69) is 54.4 Å². The predicted molar refractivity (Wildman–Crippen MR) is 133 cm³/mol. The van der Waals surface area contributed by atoms with Crippen molar-refractivity contribution in [2.24, 2.45) is 5.92 Å². The predicted octanol–water partition coefficient (Wildman–Crippen LogP) is 4.41. The van der Waals surface area contributed by atoms with Crippen LogP contribution < -0.4 is 10.2 Å². The van der Waals surface area contributed by atoms with Crippen LogP contribution in [0, 0.1) is 19.8 Å². The van der Waals surface area contributed by atoms with Crippen LogP contribution >= 0.6 is 0 Å². The third-order valence-corrected chi connectivity index (χ3v) is 6.36. The number of anilines is 1. The maximum atomic E-state index is 12.3. The Morgan fingerprint density at radius 3 is 2.55 bits per heavy atom. The van der Waals surface area contributed by atoms with Gasteiger partial charge in [0.15, 0.2) is 5.82 Å². The van der Waals surface area contributed by atoms with Gasteiger partial charge < -0.3 is 15.3 Å². The van der Waals surface area contributed by atoms with Gasteiger partial charge in [-0.3, -0.25) is 4.79 Å². The normalized spacial score (nSPS) is 15.8. The van der Waals surface area contributed by atoms with Crippen molar-refractivity contribution in [1.82, 2.24) is 15.3 Å². The molecule has 1 unspecified atom stereocenters. The first kappa shape index (κ1) is 23.2. The Hall–Kier alpha value is -2.99. The second kappa shape index (κ2) is 9.87. The SMILES string of the molecule is Cc1ccc2c(N3CCC(NC(=O)C(O)CC(C)C)CC3)nc(-c3ccccc3C)nc2c1. The summed E-state index contributed by atoms with van der Waals surface area (Å²) >= 11 is 0. The average molecular weight is 447 g/mol. The second-order valence-corrected chi connectivity index (χ2v) is 9.62. The molecule has 2 N–H and O–H groups in total. The number of amides is 1. The van der Waals surface area contributed by atoms with Gasteiger partial charge in [-0.1, -0.05) is 44.2 Å². The summed E-state index contributed by atoms with van der Waals surface area (Å²) in [6, 6.07) is 14.6. The fourth-order valence-electron chi connectivity index (χ4n) is 4.49. The van der Waals surface area contributed by atoms with Crippen molar-refractivity contribution in [2.75, 3.05) is 18.0 Å². The molecule has 1 aliphatic heterocycles. The van der Waals surface area contributed by atoms with Gasteiger partial charge in [-0.05, 0) is 62.3 Å². The fraction of sp³-hybridized carbons (Fsp3) is 0.444. The van der Waals surface area contributed by atoms with Crippen molar-refractivity contribution >= 4 is 22.6 Å². The molecule has 1 aliphatic rings. The number of rotatable bonds is 6. The first-order valence-corrected chi connectivity index (χ1v) is 11.9. The standard InChI is InChI=1S/C27H34N4O2/c1-17(2)15-24(32)27(33)28-20-11-13-31(14-12-20)26-22-10-9-18(3)16-23(22)29-25(30-26)21-8-6-5-7-19(21)4/h5-10,16-17,20,24,32H,11-15H2,1-4H3,(H,28,33). The third kappa shape index (κ3) is 5.33. The number of nitrogens with zero attached hydrogens (tertiary/aromatic N) is 3. The van der Waals surface area contributed by atoms with E-state index in [0.717, 1.165) is 59.6 Å². The number of benzene rings is 2. The maximum Gasteiger partial charge on any atom is 0.249 e. The number of nitrogens with one attached hydrogen (secondary N) is 1. The second-order valence-electron chi connectivity index (χ2n) is 9.62. The van der Waals surface area contributed by atoms with Crippen LogP contribution in [0.15, 0.2) is 42.5 Å². The van der Waals surface area contributed by atoms with Gasteiger partial charge in [0.05, 0.1) is 5.52 Å². The van der Waals surface area contributed by atoms with Gasteiger partial charge in [0.25, 0.3) is 0 Å². The lowest BCUT2D eigenvalue weighted by Gasteiger charge is -2.34. The van der Waals surface area contributed by atoms with Gasteiger partial charge in [-0.2, -0.15) is 0 Å². The van der Waals surface area contributed by atoms with E-state index in [1.165, 1.54) is 5.56 Å². The highest BCUT2D eigenvalue weighted by atomic mass is 16.3. The molecule has 6 nitrogen and oxygen atoms in total. The van der Waals surface area contributed by atoms with E-state index in [0.29, 0.717) is 6.42 Å². The van der Waals surface area contributed by atoms with Gasteiger partial charge >= 0.3 is 0 Å². The Morgan fingerprint density at radius 2 is 1.85 bits per heavy atom. The van der Waals surface area contributed by atoms with Crippen LogP contribution in [0.25, 0.3) is 22.3 Å². The van der Waals surface area contributed by atoms with Crippen LogP contribution in [0.1, 0.15) is 44.2 Å². The number of fused-ring (bicyclic) bond motifs is 1. The van der Waals surface area contributed by atoms with Gasteiger partial charge in [0.2, 0.25) is 5.91 Å². The molecule has 0 bridgehead atoms. The molecule has 0 aliphatic carbocycles. The van der Waals surface area contributed by atoms with E-state index in [4.69, 9.17) is 9.97 Å². The highest BCUT2D eigenvalue weighted by Gasteiger charge is 2.26. The minimum absolute atomic E-state index is 0.0711. The van der Waals surface area contributed by atoms with Gasteiger partial charge in [0.1, 0.15) is 11.9 Å². The third-order valence-electron chi connectivity index (χ3n) is 6.36. The Balaban J connectivity index is 1.56. The number of piperidine rings is 1. The Kier molecular flexibility index (Phi) is 6.94. The van der Waals surface area contributed by atoms with Crippen LogP contribution in [0.4, 0.5) is 5.82 Å². The number of aliphatic hydroxyl groups is 1. The number of hydrogen-bond acceptors (Lipinski definition) is 5. The first-order chi connectivity index (χ1) is 15.8. The van der Waals surface area contributed by atoms with E-state index >= 15 is 0 Å². The summed E-state index contributed by atoms with van der Waals surface area (Å²) < 4.78 is 0. The lowest BCUT2D eigenvalue weighted by molar-refractivity contribution is -0.130. The number of hydrogen-bond donors (Lipinski definition) is 2. The average Bonchev–Trinajstić information content (AvgIpc) is 2.78. The molecule has 4 rings (SSSR count). The summed E-state index contributed by atoms with van der Waals surface area (Å²) in [4.78, 5) is 24.6. The zero-order chi connectivity index (χ0) is 23.5. The first-order valence-electron chi connectivity index (χ1n) is 11.9. The lowest BCUT2D eigenvalue weighted by atomic mass is 10.0. The molecule has 1 atom stereocenters. The largest absolute Gasteiger partial charge is 0.383 e. The number of aryl methyl sites for hydroxylation is 2. The van der Waals surface area contributed by atoms with Crippen molar-refractivity contribution in [2.45, 2.75) is 59.1 Å².